The Morgan fingerprint density at radius 2 is 1.69 bits per heavy atom. The summed E-state index contributed by atoms with van der Waals surface area (Å²) in [6.07, 6.45) is 2.01. The average molecular weight is 461 g/mol. The second-order valence-electron chi connectivity index (χ2n) is 8.14. The Balaban J connectivity index is 2.77. The first-order valence-corrected chi connectivity index (χ1v) is 12.5. The predicted molar refractivity (Wildman–Crippen MR) is 125 cm³/mol. The summed E-state index contributed by atoms with van der Waals surface area (Å²) >= 11 is 0. The minimum atomic E-state index is -3.51. The van der Waals surface area contributed by atoms with Crippen molar-refractivity contribution in [2.24, 2.45) is 0 Å². The first-order chi connectivity index (χ1) is 14.8. The third-order valence-corrected chi connectivity index (χ3v) is 6.61. The summed E-state index contributed by atoms with van der Waals surface area (Å²) in [7, 11) is -3.51. The fraction of sp³-hybridized carbons (Fsp3) is 0.458. The van der Waals surface area contributed by atoms with Gasteiger partial charge in [0.2, 0.25) is 11.7 Å². The van der Waals surface area contributed by atoms with Gasteiger partial charge in [-0.05, 0) is 76.8 Å². The highest BCUT2D eigenvalue weighted by Crippen LogP contribution is 2.34. The van der Waals surface area contributed by atoms with Gasteiger partial charge in [0.1, 0.15) is 5.56 Å². The SMILES string of the molecule is CCCC(=O)Oc1c(C(=O)c2ccc(S(C)(=O)=O)c(C(C)=C(C)C)c2C)c(C)nn1CC. The molecule has 0 bridgehead atoms. The smallest absolute Gasteiger partial charge is 0.312 e. The van der Waals surface area contributed by atoms with E-state index >= 15 is 0 Å². The molecule has 2 rings (SSSR count). The molecular weight excluding hydrogens is 428 g/mol. The van der Waals surface area contributed by atoms with E-state index in [1.54, 1.807) is 13.8 Å². The maximum atomic E-state index is 13.7. The summed E-state index contributed by atoms with van der Waals surface area (Å²) in [6, 6.07) is 3.00. The van der Waals surface area contributed by atoms with Crippen LogP contribution in [0.15, 0.2) is 22.6 Å². The number of esters is 1. The van der Waals surface area contributed by atoms with Crippen molar-refractivity contribution in [3.8, 4) is 5.88 Å². The number of hydrogen-bond acceptors (Lipinski definition) is 6. The van der Waals surface area contributed by atoms with Crippen LogP contribution in [-0.4, -0.2) is 36.2 Å². The van der Waals surface area contributed by atoms with Crippen LogP contribution in [0, 0.1) is 13.8 Å². The zero-order valence-corrected chi connectivity index (χ0v) is 20.9. The van der Waals surface area contributed by atoms with Crippen molar-refractivity contribution in [2.45, 2.75) is 72.7 Å². The molecule has 0 aliphatic rings. The van der Waals surface area contributed by atoms with E-state index < -0.39 is 15.8 Å². The Kier molecular flexibility index (Phi) is 7.83. The van der Waals surface area contributed by atoms with E-state index in [0.29, 0.717) is 35.3 Å². The molecule has 0 unspecified atom stereocenters. The molecule has 0 fully saturated rings. The largest absolute Gasteiger partial charge is 0.407 e. The second-order valence-corrected chi connectivity index (χ2v) is 10.1. The minimum Gasteiger partial charge on any atom is -0.407 e. The Morgan fingerprint density at radius 1 is 1.06 bits per heavy atom. The van der Waals surface area contributed by atoms with Gasteiger partial charge in [0.15, 0.2) is 9.84 Å². The van der Waals surface area contributed by atoms with Crippen molar-refractivity contribution in [1.29, 1.82) is 0 Å². The number of aromatic nitrogens is 2. The number of ether oxygens (including phenoxy) is 1. The summed E-state index contributed by atoms with van der Waals surface area (Å²) in [6.45, 7) is 13.2. The molecule has 1 heterocycles. The number of carbonyl (C=O) groups excluding carboxylic acids is 2. The van der Waals surface area contributed by atoms with Crippen molar-refractivity contribution in [1.82, 2.24) is 9.78 Å². The third-order valence-electron chi connectivity index (χ3n) is 5.47. The Bertz CT molecular complexity index is 1200. The molecule has 0 saturated heterocycles. The second kappa shape index (κ2) is 9.81. The molecular formula is C24H32N2O5S. The van der Waals surface area contributed by atoms with E-state index in [1.807, 2.05) is 34.6 Å². The van der Waals surface area contributed by atoms with E-state index in [4.69, 9.17) is 4.74 Å². The van der Waals surface area contributed by atoms with Gasteiger partial charge in [-0.1, -0.05) is 12.5 Å². The molecule has 32 heavy (non-hydrogen) atoms. The molecule has 0 spiro atoms. The zero-order valence-electron chi connectivity index (χ0n) is 20.1. The van der Waals surface area contributed by atoms with Gasteiger partial charge in [-0.3, -0.25) is 9.59 Å². The molecule has 2 aromatic rings. The van der Waals surface area contributed by atoms with Crippen LogP contribution >= 0.6 is 0 Å². The van der Waals surface area contributed by atoms with Crippen molar-refractivity contribution < 1.29 is 22.7 Å². The van der Waals surface area contributed by atoms with Crippen LogP contribution in [0.25, 0.3) is 5.57 Å². The molecule has 0 saturated carbocycles. The molecule has 0 amide bonds. The number of aryl methyl sites for hydroxylation is 2. The molecule has 8 heteroatoms. The van der Waals surface area contributed by atoms with Gasteiger partial charge in [0.25, 0.3) is 0 Å². The first kappa shape index (κ1) is 25.5. The van der Waals surface area contributed by atoms with Gasteiger partial charge < -0.3 is 4.74 Å². The molecule has 0 aliphatic carbocycles. The normalized spacial score (nSPS) is 11.4. The summed E-state index contributed by atoms with van der Waals surface area (Å²) in [5, 5.41) is 4.37. The van der Waals surface area contributed by atoms with Gasteiger partial charge in [0, 0.05) is 24.8 Å². The lowest BCUT2D eigenvalue weighted by atomic mass is 9.91. The highest BCUT2D eigenvalue weighted by Gasteiger charge is 2.28. The van der Waals surface area contributed by atoms with Crippen molar-refractivity contribution in [2.75, 3.05) is 6.26 Å². The maximum Gasteiger partial charge on any atom is 0.312 e. The van der Waals surface area contributed by atoms with E-state index in [1.165, 1.54) is 16.8 Å². The maximum absolute atomic E-state index is 13.7. The van der Waals surface area contributed by atoms with Crippen LogP contribution in [0.4, 0.5) is 0 Å². The van der Waals surface area contributed by atoms with Crippen molar-refractivity contribution in [3.63, 3.8) is 0 Å². The summed E-state index contributed by atoms with van der Waals surface area (Å²) in [5.74, 6) is -0.663. The average Bonchev–Trinajstić information content (AvgIpc) is 3.00. The van der Waals surface area contributed by atoms with E-state index in [2.05, 4.69) is 5.10 Å². The molecule has 0 atom stereocenters. The number of allylic oxidation sites excluding steroid dienone is 2. The van der Waals surface area contributed by atoms with Gasteiger partial charge in [-0.15, -0.1) is 0 Å². The molecule has 0 N–H and O–H groups in total. The predicted octanol–water partition coefficient (Wildman–Crippen LogP) is 4.67. The quantitative estimate of drug-likeness (QED) is 0.419. The minimum absolute atomic E-state index is 0.125. The third kappa shape index (κ3) is 5.01. The Morgan fingerprint density at radius 3 is 2.19 bits per heavy atom. The number of hydrogen-bond donors (Lipinski definition) is 0. The van der Waals surface area contributed by atoms with Gasteiger partial charge in [-0.2, -0.15) is 5.10 Å². The first-order valence-electron chi connectivity index (χ1n) is 10.7. The van der Waals surface area contributed by atoms with Crippen molar-refractivity contribution >= 4 is 27.2 Å². The van der Waals surface area contributed by atoms with Gasteiger partial charge >= 0.3 is 5.97 Å². The molecule has 1 aromatic carbocycles. The highest BCUT2D eigenvalue weighted by molar-refractivity contribution is 7.90. The van der Waals surface area contributed by atoms with Crippen LogP contribution in [0.3, 0.4) is 0 Å². The number of sulfone groups is 1. The van der Waals surface area contributed by atoms with E-state index in [-0.39, 0.29) is 28.5 Å². The Hall–Kier alpha value is -2.74. The molecule has 0 radical (unpaired) electrons. The van der Waals surface area contributed by atoms with E-state index in [9.17, 15) is 18.0 Å². The summed E-state index contributed by atoms with van der Waals surface area (Å²) in [4.78, 5) is 26.0. The van der Waals surface area contributed by atoms with E-state index in [0.717, 1.165) is 17.4 Å². The van der Waals surface area contributed by atoms with Crippen LogP contribution in [0.5, 0.6) is 5.88 Å². The molecule has 1 aromatic heterocycles. The standard InChI is InChI=1S/C24H32N2O5S/c1-9-11-20(27)31-24-22(17(7)25-26(24)10-2)23(28)18-12-13-19(32(8,29)30)21(16(18)6)15(5)14(3)4/h12-13H,9-11H2,1-8H3. The number of nitrogens with zero attached hydrogens (tertiary/aromatic N) is 2. The molecule has 7 nitrogen and oxygen atoms in total. The van der Waals surface area contributed by atoms with Gasteiger partial charge in [-0.25, -0.2) is 13.1 Å². The number of ketones is 1. The van der Waals surface area contributed by atoms with Crippen LogP contribution in [0.2, 0.25) is 0 Å². The number of carbonyl (C=O) groups is 2. The fourth-order valence-corrected chi connectivity index (χ4v) is 4.59. The number of rotatable bonds is 8. The number of benzene rings is 1. The highest BCUT2D eigenvalue weighted by atomic mass is 32.2. The zero-order chi connectivity index (χ0) is 24.4. The van der Waals surface area contributed by atoms with Crippen molar-refractivity contribution in [3.05, 3.63) is 45.7 Å². The van der Waals surface area contributed by atoms with Gasteiger partial charge in [0.05, 0.1) is 10.6 Å². The summed E-state index contributed by atoms with van der Waals surface area (Å²) in [5.41, 5.74) is 3.85. The topological polar surface area (TPSA) is 95.3 Å². The van der Waals surface area contributed by atoms with Crippen LogP contribution in [0.1, 0.15) is 80.2 Å². The lowest BCUT2D eigenvalue weighted by molar-refractivity contribution is -0.134. The lowest BCUT2D eigenvalue weighted by Gasteiger charge is -2.17. The van der Waals surface area contributed by atoms with Crippen LogP contribution < -0.4 is 4.74 Å². The monoisotopic (exact) mass is 460 g/mol. The fourth-order valence-electron chi connectivity index (χ4n) is 3.60. The molecule has 174 valence electrons. The van der Waals surface area contributed by atoms with Crippen LogP contribution in [-0.2, 0) is 21.2 Å². The lowest BCUT2D eigenvalue weighted by Crippen LogP contribution is -2.15. The molecule has 0 aliphatic heterocycles. The summed E-state index contributed by atoms with van der Waals surface area (Å²) < 4.78 is 31.9. The Labute approximate surface area is 190 Å².